The highest BCUT2D eigenvalue weighted by atomic mass is 32.1. The molecule has 1 aliphatic rings. The maximum Gasteiger partial charge on any atom is 0.183 e. The van der Waals surface area contributed by atoms with Gasteiger partial charge < -0.3 is 4.57 Å². The zero-order chi connectivity index (χ0) is 11.8. The molecule has 2 aromatic rings. The summed E-state index contributed by atoms with van der Waals surface area (Å²) in [7, 11) is 0. The summed E-state index contributed by atoms with van der Waals surface area (Å²) in [5.41, 5.74) is 0.924. The van der Waals surface area contributed by atoms with Gasteiger partial charge in [-0.1, -0.05) is 13.8 Å². The Labute approximate surface area is 103 Å². The molecule has 3 rings (SSSR count). The summed E-state index contributed by atoms with van der Waals surface area (Å²) in [6.07, 6.45) is 1.77. The number of fused-ring (bicyclic) bond motifs is 1. The number of nitrogens with zero attached hydrogens (tertiary/aromatic N) is 5. The van der Waals surface area contributed by atoms with Crippen LogP contribution in [-0.4, -0.2) is 32.5 Å². The van der Waals surface area contributed by atoms with Crippen molar-refractivity contribution in [1.29, 1.82) is 0 Å². The predicted octanol–water partition coefficient (Wildman–Crippen LogP) is 1.96. The van der Waals surface area contributed by atoms with Gasteiger partial charge in [-0.25, -0.2) is 4.98 Å². The van der Waals surface area contributed by atoms with E-state index >= 15 is 0 Å². The fourth-order valence-corrected chi connectivity index (χ4v) is 2.59. The third-order valence-electron chi connectivity index (χ3n) is 2.68. The molecule has 6 heteroatoms. The first-order chi connectivity index (χ1) is 8.25. The number of rotatable bonds is 2. The summed E-state index contributed by atoms with van der Waals surface area (Å²) in [5, 5.41) is 11.5. The summed E-state index contributed by atoms with van der Waals surface area (Å²) in [6, 6.07) is 0. The Morgan fingerprint density at radius 2 is 2.24 bits per heavy atom. The van der Waals surface area contributed by atoms with E-state index in [1.807, 2.05) is 0 Å². The normalized spacial score (nSPS) is 14.3. The summed E-state index contributed by atoms with van der Waals surface area (Å²) < 4.78 is 2.08. The third-order valence-corrected chi connectivity index (χ3v) is 3.83. The Hall–Kier alpha value is -1.56. The lowest BCUT2D eigenvalue weighted by Crippen LogP contribution is -2.12. The summed E-state index contributed by atoms with van der Waals surface area (Å²) in [5.74, 6) is 2.14. The molecule has 0 radical (unpaired) electrons. The largest absolute Gasteiger partial charge is 0.303 e. The first-order valence-electron chi connectivity index (χ1n) is 5.64. The van der Waals surface area contributed by atoms with Crippen LogP contribution >= 0.6 is 11.3 Å². The lowest BCUT2D eigenvalue weighted by atomic mass is 10.2. The minimum atomic E-state index is 0.457. The van der Waals surface area contributed by atoms with E-state index in [-0.39, 0.29) is 0 Å². The molecule has 0 amide bonds. The molecule has 0 atom stereocenters. The van der Waals surface area contributed by atoms with Crippen molar-refractivity contribution in [3.05, 3.63) is 16.2 Å². The van der Waals surface area contributed by atoms with Crippen LogP contribution in [0.2, 0.25) is 0 Å². The molecule has 5 nitrogen and oxygen atoms in total. The molecule has 0 N–H and O–H groups in total. The summed E-state index contributed by atoms with van der Waals surface area (Å²) >= 11 is 1.68. The van der Waals surface area contributed by atoms with Crippen LogP contribution in [0, 0.1) is 0 Å². The van der Waals surface area contributed by atoms with Crippen LogP contribution < -0.4 is 0 Å². The first kappa shape index (κ1) is 10.6. The molecule has 2 aromatic heterocycles. The zero-order valence-corrected chi connectivity index (χ0v) is 10.6. The predicted molar refractivity (Wildman–Crippen MR) is 67.7 cm³/mol. The van der Waals surface area contributed by atoms with Crippen LogP contribution in [0.25, 0.3) is 11.5 Å². The molecule has 0 saturated heterocycles. The van der Waals surface area contributed by atoms with Gasteiger partial charge in [0.15, 0.2) is 11.6 Å². The summed E-state index contributed by atoms with van der Waals surface area (Å²) in [6.45, 7) is 5.92. The molecule has 0 unspecified atom stereocenters. The van der Waals surface area contributed by atoms with Crippen molar-refractivity contribution >= 4 is 17.6 Å². The second kappa shape index (κ2) is 4.03. The van der Waals surface area contributed by atoms with E-state index in [0.717, 1.165) is 35.4 Å². The highest BCUT2D eigenvalue weighted by Crippen LogP contribution is 2.25. The minimum Gasteiger partial charge on any atom is -0.303 e. The zero-order valence-electron chi connectivity index (χ0n) is 9.79. The maximum atomic E-state index is 4.61. The van der Waals surface area contributed by atoms with Gasteiger partial charge in [-0.2, -0.15) is 0 Å². The highest BCUT2D eigenvalue weighted by Gasteiger charge is 2.17. The van der Waals surface area contributed by atoms with Crippen molar-refractivity contribution in [2.24, 2.45) is 4.99 Å². The van der Waals surface area contributed by atoms with Crippen molar-refractivity contribution in [2.75, 3.05) is 6.54 Å². The van der Waals surface area contributed by atoms with Gasteiger partial charge in [0.2, 0.25) is 0 Å². The number of hydrogen-bond acceptors (Lipinski definition) is 5. The first-order valence-corrected chi connectivity index (χ1v) is 6.52. The molecule has 88 valence electrons. The lowest BCUT2D eigenvalue weighted by molar-refractivity contribution is 0.691. The van der Waals surface area contributed by atoms with Crippen LogP contribution in [0.15, 0.2) is 10.4 Å². The second-order valence-corrected chi connectivity index (χ2v) is 5.18. The maximum absolute atomic E-state index is 4.61. The van der Waals surface area contributed by atoms with Crippen molar-refractivity contribution < 1.29 is 0 Å². The van der Waals surface area contributed by atoms with Gasteiger partial charge in [0.05, 0.1) is 17.8 Å². The Bertz CT molecular complexity index is 566. The molecule has 0 aromatic carbocycles. The second-order valence-electron chi connectivity index (χ2n) is 4.29. The molecule has 0 spiro atoms. The molecule has 17 heavy (non-hydrogen) atoms. The van der Waals surface area contributed by atoms with Crippen molar-refractivity contribution in [3.8, 4) is 11.5 Å². The Morgan fingerprint density at radius 1 is 1.35 bits per heavy atom. The van der Waals surface area contributed by atoms with E-state index in [1.54, 1.807) is 17.6 Å². The molecule has 0 fully saturated rings. The molecular formula is C11H13N5S. The smallest absolute Gasteiger partial charge is 0.183 e. The number of aliphatic imine (C=N–C) groups is 1. The fourth-order valence-electron chi connectivity index (χ4n) is 1.78. The van der Waals surface area contributed by atoms with Crippen molar-refractivity contribution in [1.82, 2.24) is 19.7 Å². The van der Waals surface area contributed by atoms with Crippen molar-refractivity contribution in [3.63, 3.8) is 0 Å². The van der Waals surface area contributed by atoms with E-state index in [0.29, 0.717) is 5.92 Å². The Balaban J connectivity index is 2.03. The number of aromatic nitrogens is 4. The standard InChI is InChI=1S/C11H13N5S/c1-7(2)11-13-8(6-17-11)10-15-14-9-5-12-3-4-16(9)10/h5-7H,3-4H2,1-2H3. The topological polar surface area (TPSA) is 56.0 Å². The fraction of sp³-hybridized carbons (Fsp3) is 0.455. The summed E-state index contributed by atoms with van der Waals surface area (Å²) in [4.78, 5) is 8.80. The van der Waals surface area contributed by atoms with Gasteiger partial charge in [0, 0.05) is 17.8 Å². The molecular weight excluding hydrogens is 234 g/mol. The number of hydrogen-bond donors (Lipinski definition) is 0. The van der Waals surface area contributed by atoms with E-state index in [1.165, 1.54) is 0 Å². The van der Waals surface area contributed by atoms with E-state index in [9.17, 15) is 0 Å². The van der Waals surface area contributed by atoms with Gasteiger partial charge in [-0.05, 0) is 0 Å². The quantitative estimate of drug-likeness (QED) is 0.815. The van der Waals surface area contributed by atoms with Crippen LogP contribution in [-0.2, 0) is 6.54 Å². The van der Waals surface area contributed by atoms with Crippen LogP contribution in [0.1, 0.15) is 30.6 Å². The van der Waals surface area contributed by atoms with Crippen LogP contribution in [0.3, 0.4) is 0 Å². The van der Waals surface area contributed by atoms with Gasteiger partial charge in [-0.3, -0.25) is 4.99 Å². The van der Waals surface area contributed by atoms with Gasteiger partial charge in [-0.15, -0.1) is 21.5 Å². The van der Waals surface area contributed by atoms with Gasteiger partial charge >= 0.3 is 0 Å². The highest BCUT2D eigenvalue weighted by molar-refractivity contribution is 7.10. The van der Waals surface area contributed by atoms with Crippen LogP contribution in [0.5, 0.6) is 0 Å². The van der Waals surface area contributed by atoms with Gasteiger partial charge in [0.25, 0.3) is 0 Å². The molecule has 3 heterocycles. The van der Waals surface area contributed by atoms with E-state index in [2.05, 4.69) is 44.0 Å². The Kier molecular flexibility index (Phi) is 2.51. The van der Waals surface area contributed by atoms with Crippen molar-refractivity contribution in [2.45, 2.75) is 26.3 Å². The molecule has 0 saturated carbocycles. The average Bonchev–Trinajstić information content (AvgIpc) is 2.95. The monoisotopic (exact) mass is 247 g/mol. The lowest BCUT2D eigenvalue weighted by Gasteiger charge is -2.08. The van der Waals surface area contributed by atoms with E-state index in [4.69, 9.17) is 0 Å². The van der Waals surface area contributed by atoms with Gasteiger partial charge in [0.1, 0.15) is 5.69 Å². The third kappa shape index (κ3) is 1.78. The number of thiazole rings is 1. The average molecular weight is 247 g/mol. The van der Waals surface area contributed by atoms with Crippen LogP contribution in [0.4, 0.5) is 0 Å². The minimum absolute atomic E-state index is 0.457. The molecule has 0 aliphatic carbocycles. The van der Waals surface area contributed by atoms with E-state index < -0.39 is 0 Å². The molecule has 0 bridgehead atoms. The Morgan fingerprint density at radius 3 is 3.00 bits per heavy atom. The SMILES string of the molecule is CC(C)c1nc(-c2nnc3n2CCN=C3)cs1. The molecule has 1 aliphatic heterocycles.